The normalized spacial score (nSPS) is 13.8. The summed E-state index contributed by atoms with van der Waals surface area (Å²) in [6.07, 6.45) is -1.20. The molecule has 1 N–H and O–H groups in total. The molecule has 0 saturated heterocycles. The molecule has 6 heteroatoms. The van der Waals surface area contributed by atoms with E-state index in [0.717, 1.165) is 4.47 Å². The highest BCUT2D eigenvalue weighted by Crippen LogP contribution is 2.19. The Morgan fingerprint density at radius 2 is 2.12 bits per heavy atom. The zero-order valence-corrected chi connectivity index (χ0v) is 11.4. The molecule has 0 aliphatic heterocycles. The number of aryl methyl sites for hydroxylation is 1. The lowest BCUT2D eigenvalue weighted by Crippen LogP contribution is -2.29. The fraction of sp³-hybridized carbons (Fsp3) is 0.400. The predicted octanol–water partition coefficient (Wildman–Crippen LogP) is 2.39. The van der Waals surface area contributed by atoms with E-state index < -0.39 is 16.2 Å². The first-order valence-electron chi connectivity index (χ1n) is 4.73. The predicted molar refractivity (Wildman–Crippen MR) is 64.6 cm³/mol. The maximum atomic E-state index is 12.6. The van der Waals surface area contributed by atoms with Gasteiger partial charge in [0.05, 0.1) is 4.90 Å². The van der Waals surface area contributed by atoms with Crippen molar-refractivity contribution >= 4 is 26.0 Å². The molecule has 0 aliphatic carbocycles. The standard InChI is InChI=1S/C10H13BrFNO2S/c1-7-5-9(11)3-4-10(7)16(14,15)13-6-8(2)12/h3-5,8,13H,6H2,1-2H3. The molecule has 0 fully saturated rings. The molecule has 0 bridgehead atoms. The van der Waals surface area contributed by atoms with E-state index in [1.165, 1.54) is 13.0 Å². The minimum Gasteiger partial charge on any atom is -0.246 e. The third-order valence-electron chi connectivity index (χ3n) is 1.98. The highest BCUT2D eigenvalue weighted by atomic mass is 79.9. The van der Waals surface area contributed by atoms with E-state index in [-0.39, 0.29) is 11.4 Å². The van der Waals surface area contributed by atoms with Crippen molar-refractivity contribution in [2.24, 2.45) is 0 Å². The summed E-state index contributed by atoms with van der Waals surface area (Å²) in [7, 11) is -3.61. The van der Waals surface area contributed by atoms with Gasteiger partial charge in [0.2, 0.25) is 10.0 Å². The lowest BCUT2D eigenvalue weighted by atomic mass is 10.2. The van der Waals surface area contributed by atoms with Gasteiger partial charge in [0.15, 0.2) is 0 Å². The van der Waals surface area contributed by atoms with Crippen LogP contribution in [0.1, 0.15) is 12.5 Å². The summed E-state index contributed by atoms with van der Waals surface area (Å²) in [5.74, 6) is 0. The first kappa shape index (κ1) is 13.6. The number of hydrogen-bond acceptors (Lipinski definition) is 2. The number of nitrogens with one attached hydrogen (secondary N) is 1. The van der Waals surface area contributed by atoms with Crippen LogP contribution >= 0.6 is 15.9 Å². The summed E-state index contributed by atoms with van der Waals surface area (Å²) >= 11 is 3.25. The first-order chi connectivity index (χ1) is 7.33. The Bertz CT molecular complexity index is 474. The van der Waals surface area contributed by atoms with Crippen LogP contribution in [0, 0.1) is 6.92 Å². The van der Waals surface area contributed by atoms with Crippen molar-refractivity contribution in [1.82, 2.24) is 4.72 Å². The molecular formula is C10H13BrFNO2S. The summed E-state index contributed by atoms with van der Waals surface area (Å²) in [4.78, 5) is 0.177. The molecule has 90 valence electrons. The van der Waals surface area contributed by atoms with E-state index in [0.29, 0.717) is 5.56 Å². The summed E-state index contributed by atoms with van der Waals surface area (Å²) in [5, 5.41) is 0. The van der Waals surface area contributed by atoms with Crippen LogP contribution in [-0.4, -0.2) is 21.1 Å². The van der Waals surface area contributed by atoms with Crippen LogP contribution in [0.15, 0.2) is 27.6 Å². The van der Waals surface area contributed by atoms with Crippen LogP contribution in [0.5, 0.6) is 0 Å². The molecule has 0 spiro atoms. The number of hydrogen-bond donors (Lipinski definition) is 1. The lowest BCUT2D eigenvalue weighted by molar-refractivity contribution is 0.360. The molecule has 3 nitrogen and oxygen atoms in total. The second-order valence-corrected chi connectivity index (χ2v) is 6.19. The molecule has 1 atom stereocenters. The Balaban J connectivity index is 2.99. The molecule has 0 heterocycles. The number of benzene rings is 1. The van der Waals surface area contributed by atoms with Crippen LogP contribution in [-0.2, 0) is 10.0 Å². The van der Waals surface area contributed by atoms with Crippen molar-refractivity contribution in [3.05, 3.63) is 28.2 Å². The van der Waals surface area contributed by atoms with Crippen LogP contribution in [0.25, 0.3) is 0 Å². The Hall–Kier alpha value is -0.460. The molecule has 0 radical (unpaired) electrons. The minimum atomic E-state index is -3.61. The smallest absolute Gasteiger partial charge is 0.240 e. The average molecular weight is 310 g/mol. The van der Waals surface area contributed by atoms with E-state index in [1.54, 1.807) is 19.1 Å². The van der Waals surface area contributed by atoms with E-state index in [9.17, 15) is 12.8 Å². The van der Waals surface area contributed by atoms with Crippen molar-refractivity contribution in [1.29, 1.82) is 0 Å². The zero-order valence-electron chi connectivity index (χ0n) is 9.00. The Labute approximate surface area is 103 Å². The highest BCUT2D eigenvalue weighted by molar-refractivity contribution is 9.10. The monoisotopic (exact) mass is 309 g/mol. The van der Waals surface area contributed by atoms with Crippen LogP contribution < -0.4 is 4.72 Å². The third-order valence-corrected chi connectivity index (χ3v) is 4.06. The SMILES string of the molecule is Cc1cc(Br)ccc1S(=O)(=O)NCC(C)F. The van der Waals surface area contributed by atoms with Crippen LogP contribution in [0.4, 0.5) is 4.39 Å². The topological polar surface area (TPSA) is 46.2 Å². The lowest BCUT2D eigenvalue weighted by Gasteiger charge is -2.09. The number of rotatable bonds is 4. The maximum absolute atomic E-state index is 12.6. The van der Waals surface area contributed by atoms with E-state index in [1.807, 2.05) is 0 Å². The van der Waals surface area contributed by atoms with Gasteiger partial charge in [-0.25, -0.2) is 17.5 Å². The molecule has 1 aromatic carbocycles. The average Bonchev–Trinajstić information content (AvgIpc) is 2.14. The summed E-state index contributed by atoms with van der Waals surface area (Å²) in [5.41, 5.74) is 0.619. The molecule has 1 unspecified atom stereocenters. The minimum absolute atomic E-state index is 0.177. The molecule has 0 aliphatic rings. The van der Waals surface area contributed by atoms with Gasteiger partial charge in [-0.15, -0.1) is 0 Å². The molecule has 0 saturated carbocycles. The van der Waals surface area contributed by atoms with Gasteiger partial charge in [-0.3, -0.25) is 0 Å². The molecule has 0 aromatic heterocycles. The van der Waals surface area contributed by atoms with Crippen molar-refractivity contribution in [3.63, 3.8) is 0 Å². The van der Waals surface area contributed by atoms with E-state index >= 15 is 0 Å². The number of halogens is 2. The van der Waals surface area contributed by atoms with Gasteiger partial charge < -0.3 is 0 Å². The van der Waals surface area contributed by atoms with Gasteiger partial charge in [0.25, 0.3) is 0 Å². The Morgan fingerprint density at radius 3 is 2.62 bits per heavy atom. The zero-order chi connectivity index (χ0) is 12.3. The fourth-order valence-electron chi connectivity index (χ4n) is 1.22. The van der Waals surface area contributed by atoms with Gasteiger partial charge in [0.1, 0.15) is 6.17 Å². The van der Waals surface area contributed by atoms with Crippen molar-refractivity contribution in [2.45, 2.75) is 24.9 Å². The number of alkyl halides is 1. The second kappa shape index (κ2) is 5.25. The van der Waals surface area contributed by atoms with Gasteiger partial charge in [-0.05, 0) is 37.6 Å². The van der Waals surface area contributed by atoms with Crippen LogP contribution in [0.3, 0.4) is 0 Å². The summed E-state index contributed by atoms with van der Waals surface area (Å²) in [6, 6.07) is 4.83. The van der Waals surface area contributed by atoms with Crippen LogP contribution in [0.2, 0.25) is 0 Å². The van der Waals surface area contributed by atoms with Gasteiger partial charge in [-0.1, -0.05) is 15.9 Å². The summed E-state index contributed by atoms with van der Waals surface area (Å²) in [6.45, 7) is 2.78. The third kappa shape index (κ3) is 3.54. The van der Waals surface area contributed by atoms with Gasteiger partial charge in [-0.2, -0.15) is 0 Å². The number of sulfonamides is 1. The van der Waals surface area contributed by atoms with Gasteiger partial charge in [0, 0.05) is 11.0 Å². The highest BCUT2D eigenvalue weighted by Gasteiger charge is 2.17. The summed E-state index contributed by atoms with van der Waals surface area (Å²) < 4.78 is 39.2. The Kier molecular flexibility index (Phi) is 4.46. The van der Waals surface area contributed by atoms with E-state index in [2.05, 4.69) is 20.7 Å². The fourth-order valence-corrected chi connectivity index (χ4v) is 3.03. The van der Waals surface area contributed by atoms with Crippen molar-refractivity contribution < 1.29 is 12.8 Å². The maximum Gasteiger partial charge on any atom is 0.240 e. The molecular weight excluding hydrogens is 297 g/mol. The van der Waals surface area contributed by atoms with Crippen molar-refractivity contribution in [2.75, 3.05) is 6.54 Å². The molecule has 0 amide bonds. The largest absolute Gasteiger partial charge is 0.246 e. The quantitative estimate of drug-likeness (QED) is 0.928. The molecule has 1 rings (SSSR count). The second-order valence-electron chi connectivity index (χ2n) is 3.54. The van der Waals surface area contributed by atoms with Gasteiger partial charge >= 0.3 is 0 Å². The Morgan fingerprint density at radius 1 is 1.50 bits per heavy atom. The van der Waals surface area contributed by atoms with E-state index in [4.69, 9.17) is 0 Å². The molecule has 16 heavy (non-hydrogen) atoms. The van der Waals surface area contributed by atoms with Crippen molar-refractivity contribution in [3.8, 4) is 0 Å². The molecule has 1 aromatic rings. The first-order valence-corrected chi connectivity index (χ1v) is 7.00.